The second-order valence-corrected chi connectivity index (χ2v) is 8.63. The van der Waals surface area contributed by atoms with Gasteiger partial charge in [0.1, 0.15) is 5.75 Å². The molecular weight excluding hydrogens is 446 g/mol. The van der Waals surface area contributed by atoms with Crippen molar-refractivity contribution < 1.29 is 14.6 Å². The van der Waals surface area contributed by atoms with Gasteiger partial charge in [-0.2, -0.15) is 0 Å². The minimum Gasteiger partial charge on any atom is -0.491 e. The maximum absolute atomic E-state index is 11.5. The summed E-state index contributed by atoms with van der Waals surface area (Å²) in [5.74, 6) is 0.315. The van der Waals surface area contributed by atoms with Crippen LogP contribution in [-0.4, -0.2) is 30.8 Å². The molecule has 1 aliphatic heterocycles. The van der Waals surface area contributed by atoms with Gasteiger partial charge in [-0.25, -0.2) is 4.79 Å². The maximum atomic E-state index is 11.5. The van der Waals surface area contributed by atoms with E-state index in [1.54, 1.807) is 12.1 Å². The van der Waals surface area contributed by atoms with Crippen LogP contribution in [0.1, 0.15) is 75.2 Å². The Balaban J connectivity index is 0.00000137. The number of ether oxygens (including phenoxy) is 1. The highest BCUT2D eigenvalue weighted by molar-refractivity contribution is 6.30. The number of fused-ring (bicyclic) bond motifs is 1. The van der Waals surface area contributed by atoms with Gasteiger partial charge in [0.05, 0.1) is 17.9 Å². The number of benzene rings is 2. The number of aryl methyl sites for hydroxylation is 1. The Labute approximate surface area is 211 Å². The monoisotopic (exact) mass is 485 g/mol. The summed E-state index contributed by atoms with van der Waals surface area (Å²) in [5.41, 5.74) is 2.50. The average Bonchev–Trinajstić information content (AvgIpc) is 3.03. The minimum absolute atomic E-state index is 0.315. The van der Waals surface area contributed by atoms with Crippen molar-refractivity contribution >= 4 is 23.3 Å². The van der Waals surface area contributed by atoms with E-state index in [-0.39, 0.29) is 0 Å². The Bertz CT molecular complexity index is 881. The van der Waals surface area contributed by atoms with Gasteiger partial charge in [-0.05, 0) is 61.6 Å². The van der Waals surface area contributed by atoms with Crippen LogP contribution in [0.4, 0.5) is 5.69 Å². The first-order chi connectivity index (χ1) is 16.6. The average molecular weight is 486 g/mol. The molecule has 1 aliphatic rings. The van der Waals surface area contributed by atoms with Crippen molar-refractivity contribution in [2.45, 2.75) is 65.7 Å². The van der Waals surface area contributed by atoms with Crippen LogP contribution in [0.25, 0.3) is 0 Å². The lowest BCUT2D eigenvalue weighted by molar-refractivity contribution is 0.0697. The number of unbranched alkanes of at least 4 members (excludes halogenated alkanes) is 3. The molecule has 2 aromatic carbocycles. The molecule has 0 saturated heterocycles. The molecule has 0 amide bonds. The smallest absolute Gasteiger partial charge is 0.335 e. The lowest BCUT2D eigenvalue weighted by Gasteiger charge is -2.27. The third-order valence-electron chi connectivity index (χ3n) is 5.75. The molecule has 1 unspecified atom stereocenters. The fraction of sp³-hybridized carbons (Fsp3) is 0.483. The van der Waals surface area contributed by atoms with Crippen molar-refractivity contribution in [2.75, 3.05) is 24.6 Å². The second-order valence-electron chi connectivity index (χ2n) is 8.19. The molecule has 4 nitrogen and oxygen atoms in total. The van der Waals surface area contributed by atoms with Crippen LogP contribution in [0, 0.1) is 18.8 Å². The molecule has 0 saturated carbocycles. The summed E-state index contributed by atoms with van der Waals surface area (Å²) in [6.45, 7) is 8.71. The quantitative estimate of drug-likeness (QED) is 0.276. The predicted octanol–water partition coefficient (Wildman–Crippen LogP) is 7.73. The molecule has 0 fully saturated rings. The van der Waals surface area contributed by atoms with Crippen LogP contribution < -0.4 is 9.64 Å². The van der Waals surface area contributed by atoms with Crippen LogP contribution in [0.2, 0.25) is 5.02 Å². The highest BCUT2D eigenvalue weighted by Crippen LogP contribution is 2.34. The van der Waals surface area contributed by atoms with E-state index < -0.39 is 5.97 Å². The summed E-state index contributed by atoms with van der Waals surface area (Å²) in [5, 5.41) is 10.2. The van der Waals surface area contributed by atoms with Gasteiger partial charge in [0.2, 0.25) is 0 Å². The largest absolute Gasteiger partial charge is 0.491 e. The van der Waals surface area contributed by atoms with E-state index in [1.165, 1.54) is 24.8 Å². The van der Waals surface area contributed by atoms with Crippen molar-refractivity contribution in [1.82, 2.24) is 0 Å². The molecule has 3 rings (SSSR count). The van der Waals surface area contributed by atoms with Gasteiger partial charge in [-0.1, -0.05) is 63.8 Å². The first-order valence-electron chi connectivity index (χ1n) is 12.4. The lowest BCUT2D eigenvalue weighted by Crippen LogP contribution is -2.31. The molecule has 34 heavy (non-hydrogen) atoms. The number of halogens is 1. The molecule has 0 bridgehead atoms. The van der Waals surface area contributed by atoms with E-state index in [0.29, 0.717) is 18.1 Å². The number of anilines is 1. The molecule has 5 heteroatoms. The SMILES string of the molecule is C#C.CC.CCCCCCN1CC(CCCc2cccc(Cl)c2)COc2ccc(C(=O)O)cc21. The Morgan fingerprint density at radius 2 is 1.88 bits per heavy atom. The van der Waals surface area contributed by atoms with Gasteiger partial charge >= 0.3 is 5.97 Å². The number of rotatable bonds is 10. The molecule has 2 aromatic rings. The van der Waals surface area contributed by atoms with Crippen LogP contribution in [0.3, 0.4) is 0 Å². The number of hydrogen-bond donors (Lipinski definition) is 1. The number of terminal acetylenes is 1. The molecule has 0 aromatic heterocycles. The topological polar surface area (TPSA) is 49.8 Å². The summed E-state index contributed by atoms with van der Waals surface area (Å²) in [6.07, 6.45) is 15.9. The predicted molar refractivity (Wildman–Crippen MR) is 144 cm³/mol. The standard InChI is InChI=1S/C25H32ClNO3.C2H6.C2H2/c1-2-3-4-5-14-27-17-20(10-6-8-19-9-7-11-22(26)15-19)18-30-24-13-12-21(25(28)29)16-23(24)27;2*1-2/h7,9,11-13,15-16,20H,2-6,8,10,14,17-18H2,1H3,(H,28,29);1-2H3;1-2H. The van der Waals surface area contributed by atoms with Gasteiger partial charge in [-0.15, -0.1) is 12.8 Å². The Morgan fingerprint density at radius 1 is 1.12 bits per heavy atom. The number of nitrogens with zero attached hydrogens (tertiary/aromatic N) is 1. The Kier molecular flexibility index (Phi) is 14.6. The van der Waals surface area contributed by atoms with Gasteiger partial charge < -0.3 is 14.7 Å². The number of carboxylic acids is 1. The van der Waals surface area contributed by atoms with E-state index in [9.17, 15) is 9.90 Å². The zero-order chi connectivity index (χ0) is 25.3. The first kappa shape index (κ1) is 29.4. The molecule has 0 aliphatic carbocycles. The molecule has 1 atom stereocenters. The number of carbonyl (C=O) groups is 1. The summed E-state index contributed by atoms with van der Waals surface area (Å²) < 4.78 is 6.12. The zero-order valence-corrected chi connectivity index (χ0v) is 21.7. The third-order valence-corrected chi connectivity index (χ3v) is 5.98. The molecule has 0 spiro atoms. The fourth-order valence-corrected chi connectivity index (χ4v) is 4.31. The van der Waals surface area contributed by atoms with Crippen molar-refractivity contribution in [3.63, 3.8) is 0 Å². The molecule has 186 valence electrons. The highest BCUT2D eigenvalue weighted by Gasteiger charge is 2.24. The van der Waals surface area contributed by atoms with Gasteiger partial charge in [0.25, 0.3) is 0 Å². The molecule has 0 radical (unpaired) electrons. The minimum atomic E-state index is -0.897. The van der Waals surface area contributed by atoms with Crippen molar-refractivity contribution in [3.05, 3.63) is 58.6 Å². The van der Waals surface area contributed by atoms with Gasteiger partial charge in [-0.3, -0.25) is 0 Å². The number of carboxylic acid groups (broad SMARTS) is 1. The van der Waals surface area contributed by atoms with Crippen LogP contribution >= 0.6 is 11.6 Å². The first-order valence-corrected chi connectivity index (χ1v) is 12.8. The van der Waals surface area contributed by atoms with E-state index in [0.717, 1.165) is 55.2 Å². The highest BCUT2D eigenvalue weighted by atomic mass is 35.5. The molecule has 1 N–H and O–H groups in total. The van der Waals surface area contributed by atoms with E-state index in [2.05, 4.69) is 30.7 Å². The van der Waals surface area contributed by atoms with Crippen molar-refractivity contribution in [3.8, 4) is 18.6 Å². The van der Waals surface area contributed by atoms with Gasteiger partial charge in [0.15, 0.2) is 0 Å². The number of hydrogen-bond acceptors (Lipinski definition) is 3. The summed E-state index contributed by atoms with van der Waals surface area (Å²) >= 11 is 6.10. The summed E-state index contributed by atoms with van der Waals surface area (Å²) in [7, 11) is 0. The van der Waals surface area contributed by atoms with E-state index in [4.69, 9.17) is 16.3 Å². The molecular formula is C29H40ClNO3. The van der Waals surface area contributed by atoms with Crippen LogP contribution in [0.15, 0.2) is 42.5 Å². The van der Waals surface area contributed by atoms with Gasteiger partial charge in [0, 0.05) is 24.0 Å². The second kappa shape index (κ2) is 16.9. The molecule has 1 heterocycles. The van der Waals surface area contributed by atoms with E-state index >= 15 is 0 Å². The Hall–Kier alpha value is -2.64. The number of aromatic carboxylic acids is 1. The van der Waals surface area contributed by atoms with Crippen molar-refractivity contribution in [2.24, 2.45) is 5.92 Å². The zero-order valence-electron chi connectivity index (χ0n) is 20.9. The van der Waals surface area contributed by atoms with Crippen LogP contribution in [0.5, 0.6) is 5.75 Å². The normalized spacial score (nSPS) is 14.3. The fourth-order valence-electron chi connectivity index (χ4n) is 4.09. The van der Waals surface area contributed by atoms with E-state index in [1.807, 2.05) is 38.1 Å². The lowest BCUT2D eigenvalue weighted by atomic mass is 9.99. The summed E-state index contributed by atoms with van der Waals surface area (Å²) in [6, 6.07) is 13.3. The Morgan fingerprint density at radius 3 is 2.56 bits per heavy atom. The maximum Gasteiger partial charge on any atom is 0.335 e. The third kappa shape index (κ3) is 9.69. The summed E-state index contributed by atoms with van der Waals surface area (Å²) in [4.78, 5) is 13.8. The van der Waals surface area contributed by atoms with Crippen LogP contribution in [-0.2, 0) is 6.42 Å². The van der Waals surface area contributed by atoms with Crippen molar-refractivity contribution in [1.29, 1.82) is 0 Å².